The van der Waals surface area contributed by atoms with E-state index in [4.69, 9.17) is 4.74 Å². The van der Waals surface area contributed by atoms with E-state index in [1.807, 2.05) is 5.57 Å². The monoisotopic (exact) mass is 439 g/mol. The van der Waals surface area contributed by atoms with Gasteiger partial charge in [-0.3, -0.25) is 0 Å². The molecule has 0 bridgehead atoms. The van der Waals surface area contributed by atoms with E-state index in [0.29, 0.717) is 23.5 Å². The summed E-state index contributed by atoms with van der Waals surface area (Å²) in [4.78, 5) is 2.62. The van der Waals surface area contributed by atoms with Crippen molar-refractivity contribution in [3.63, 3.8) is 0 Å². The topological polar surface area (TPSA) is 32.7 Å². The summed E-state index contributed by atoms with van der Waals surface area (Å²) in [6.07, 6.45) is 13.4. The van der Waals surface area contributed by atoms with Crippen LogP contribution >= 0.6 is 0 Å². The number of nitrogens with zero attached hydrogens (tertiary/aromatic N) is 1. The molecule has 6 aliphatic rings. The van der Waals surface area contributed by atoms with Crippen LogP contribution < -0.4 is 0 Å². The molecule has 10 atom stereocenters. The van der Waals surface area contributed by atoms with Crippen molar-refractivity contribution in [2.45, 2.75) is 109 Å². The molecule has 0 amide bonds. The van der Waals surface area contributed by atoms with E-state index in [-0.39, 0.29) is 11.7 Å². The summed E-state index contributed by atoms with van der Waals surface area (Å²) in [7, 11) is 2.34. The van der Waals surface area contributed by atoms with Crippen molar-refractivity contribution in [2.75, 3.05) is 13.6 Å². The van der Waals surface area contributed by atoms with Gasteiger partial charge in [0.15, 0.2) is 0 Å². The Morgan fingerprint density at radius 2 is 1.97 bits per heavy atom. The lowest BCUT2D eigenvalue weighted by molar-refractivity contribution is -0.0778. The van der Waals surface area contributed by atoms with Crippen LogP contribution in [0.3, 0.4) is 0 Å². The van der Waals surface area contributed by atoms with Gasteiger partial charge in [-0.2, -0.15) is 0 Å². The van der Waals surface area contributed by atoms with Gasteiger partial charge in [0.2, 0.25) is 0 Å². The Bertz CT molecular complexity index is 846. The third kappa shape index (κ3) is 3.02. The molecule has 2 heterocycles. The molecule has 2 aliphatic heterocycles. The zero-order valence-electron chi connectivity index (χ0n) is 21.1. The van der Waals surface area contributed by atoms with Gasteiger partial charge in [0.05, 0.1) is 17.8 Å². The van der Waals surface area contributed by atoms with E-state index in [1.54, 1.807) is 11.1 Å². The molecule has 1 spiro atoms. The summed E-state index contributed by atoms with van der Waals surface area (Å²) in [5.74, 6) is 3.77. The van der Waals surface area contributed by atoms with Crippen LogP contribution in [0, 0.1) is 35.0 Å². The SMILES string of the molecule is CC1=C2C[C@H]3[C@@H](CCC4=C[C@@H](O)CC[C@@]43C)[C@@H]2CCC2(C1)O[C@@H]1C[C@H](C)CN(C)[C@H]1[C@H]2C. The molecular weight excluding hydrogens is 394 g/mol. The molecule has 178 valence electrons. The maximum atomic E-state index is 10.3. The number of likely N-dealkylation sites (tertiary alicyclic amines) is 1. The summed E-state index contributed by atoms with van der Waals surface area (Å²) in [6, 6.07) is 0.602. The molecule has 2 saturated carbocycles. The van der Waals surface area contributed by atoms with Gasteiger partial charge >= 0.3 is 0 Å². The normalized spacial score (nSPS) is 53.4. The fraction of sp³-hybridized carbons (Fsp3) is 0.862. The van der Waals surface area contributed by atoms with Crippen molar-refractivity contribution in [3.8, 4) is 0 Å². The number of fused-ring (bicyclic) bond motifs is 6. The van der Waals surface area contributed by atoms with Crippen molar-refractivity contribution in [3.05, 3.63) is 22.8 Å². The quantitative estimate of drug-likeness (QED) is 0.489. The maximum absolute atomic E-state index is 10.3. The van der Waals surface area contributed by atoms with Gasteiger partial charge in [-0.15, -0.1) is 0 Å². The van der Waals surface area contributed by atoms with E-state index in [9.17, 15) is 5.11 Å². The fourth-order valence-electron chi connectivity index (χ4n) is 9.88. The van der Waals surface area contributed by atoms with Crippen LogP contribution in [0.15, 0.2) is 22.8 Å². The first-order chi connectivity index (χ1) is 15.2. The number of likely N-dealkylation sites (N-methyl/N-ethyl adjacent to an activating group) is 1. The summed E-state index contributed by atoms with van der Waals surface area (Å²) in [5.41, 5.74) is 5.46. The van der Waals surface area contributed by atoms with Gasteiger partial charge in [0.25, 0.3) is 0 Å². The first kappa shape index (κ1) is 21.9. The average Bonchev–Trinajstić information content (AvgIpc) is 3.19. The number of ether oxygens (including phenoxy) is 1. The summed E-state index contributed by atoms with van der Waals surface area (Å²) >= 11 is 0. The van der Waals surface area contributed by atoms with E-state index < -0.39 is 0 Å². The van der Waals surface area contributed by atoms with E-state index in [0.717, 1.165) is 36.5 Å². The Morgan fingerprint density at radius 1 is 1.16 bits per heavy atom. The Labute approximate surface area is 195 Å². The molecule has 1 N–H and O–H groups in total. The molecule has 3 nitrogen and oxygen atoms in total. The highest BCUT2D eigenvalue weighted by atomic mass is 16.5. The minimum Gasteiger partial charge on any atom is -0.389 e. The lowest BCUT2D eigenvalue weighted by Gasteiger charge is -2.49. The van der Waals surface area contributed by atoms with Crippen molar-refractivity contribution in [1.29, 1.82) is 0 Å². The Morgan fingerprint density at radius 3 is 2.78 bits per heavy atom. The number of aliphatic hydroxyl groups is 1. The van der Waals surface area contributed by atoms with Crippen molar-refractivity contribution in [2.24, 2.45) is 35.0 Å². The van der Waals surface area contributed by atoms with Crippen LogP contribution in [0.25, 0.3) is 0 Å². The third-order valence-corrected chi connectivity index (χ3v) is 11.4. The second-order valence-electron chi connectivity index (χ2n) is 13.1. The highest BCUT2D eigenvalue weighted by Crippen LogP contribution is 2.64. The molecule has 0 aromatic carbocycles. The number of piperidine rings is 1. The van der Waals surface area contributed by atoms with Gasteiger partial charge in [-0.05, 0) is 101 Å². The van der Waals surface area contributed by atoms with Crippen LogP contribution in [-0.2, 0) is 4.74 Å². The molecule has 2 saturated heterocycles. The second-order valence-corrected chi connectivity index (χ2v) is 13.1. The smallest absolute Gasteiger partial charge is 0.0765 e. The number of allylic oxidation sites excluding steroid dienone is 2. The van der Waals surface area contributed by atoms with E-state index in [2.05, 4.69) is 45.7 Å². The van der Waals surface area contributed by atoms with Crippen LogP contribution in [0.4, 0.5) is 0 Å². The van der Waals surface area contributed by atoms with Crippen molar-refractivity contribution >= 4 is 0 Å². The van der Waals surface area contributed by atoms with Gasteiger partial charge in [-0.1, -0.05) is 43.6 Å². The minimum atomic E-state index is -0.201. The Kier molecular flexibility index (Phi) is 5.07. The number of hydrogen-bond acceptors (Lipinski definition) is 3. The van der Waals surface area contributed by atoms with Gasteiger partial charge in [0.1, 0.15) is 0 Å². The zero-order chi connectivity index (χ0) is 22.4. The molecule has 0 aromatic rings. The van der Waals surface area contributed by atoms with Crippen LogP contribution in [0.1, 0.15) is 85.5 Å². The predicted octanol–water partition coefficient (Wildman–Crippen LogP) is 5.73. The fourth-order valence-corrected chi connectivity index (χ4v) is 9.88. The molecule has 3 heteroatoms. The molecular formula is C29H45NO2. The van der Waals surface area contributed by atoms with Crippen LogP contribution in [0.5, 0.6) is 0 Å². The summed E-state index contributed by atoms with van der Waals surface area (Å²) < 4.78 is 7.10. The molecule has 0 aromatic heterocycles. The van der Waals surface area contributed by atoms with E-state index >= 15 is 0 Å². The molecule has 0 radical (unpaired) electrons. The molecule has 6 rings (SSSR count). The number of hydrogen-bond donors (Lipinski definition) is 1. The summed E-state index contributed by atoms with van der Waals surface area (Å²) in [5, 5.41) is 10.3. The summed E-state index contributed by atoms with van der Waals surface area (Å²) in [6.45, 7) is 11.1. The predicted molar refractivity (Wildman–Crippen MR) is 129 cm³/mol. The van der Waals surface area contributed by atoms with Crippen molar-refractivity contribution in [1.82, 2.24) is 4.90 Å². The molecule has 4 fully saturated rings. The third-order valence-electron chi connectivity index (χ3n) is 11.4. The largest absolute Gasteiger partial charge is 0.389 e. The molecule has 1 unspecified atom stereocenters. The maximum Gasteiger partial charge on any atom is 0.0765 e. The van der Waals surface area contributed by atoms with E-state index in [1.165, 1.54) is 51.5 Å². The lowest BCUT2D eigenvalue weighted by Crippen LogP contribution is -2.49. The molecule has 4 aliphatic carbocycles. The zero-order valence-corrected chi connectivity index (χ0v) is 21.1. The highest BCUT2D eigenvalue weighted by molar-refractivity contribution is 5.33. The van der Waals surface area contributed by atoms with Crippen LogP contribution in [0.2, 0.25) is 0 Å². The van der Waals surface area contributed by atoms with Crippen molar-refractivity contribution < 1.29 is 9.84 Å². The van der Waals surface area contributed by atoms with Gasteiger partial charge in [0, 0.05) is 18.5 Å². The first-order valence-electron chi connectivity index (χ1n) is 13.7. The lowest BCUT2D eigenvalue weighted by atomic mass is 9.56. The Balaban J connectivity index is 1.30. The molecule has 32 heavy (non-hydrogen) atoms. The minimum absolute atomic E-state index is 0.0587. The average molecular weight is 440 g/mol. The van der Waals surface area contributed by atoms with Gasteiger partial charge in [-0.25, -0.2) is 0 Å². The standard InChI is InChI=1S/C29H45NO2/c1-17-12-26-27(30(5)16-17)19(3)29(32-26)11-9-22-23-7-6-20-13-21(31)8-10-28(20,4)25(23)14-24(22)18(2)15-29/h13,17,19,21-23,25-27,31H,6-12,14-16H2,1-5H3/t17-,19+,21-,22-,23-,25-,26+,27-,28-,29?/m0/s1. The van der Waals surface area contributed by atoms with Crippen LogP contribution in [-0.4, -0.2) is 47.4 Å². The first-order valence-corrected chi connectivity index (χ1v) is 13.7. The van der Waals surface area contributed by atoms with Gasteiger partial charge < -0.3 is 14.7 Å². The Hall–Kier alpha value is -0.640. The number of rotatable bonds is 0. The highest BCUT2D eigenvalue weighted by Gasteiger charge is 2.59. The second kappa shape index (κ2) is 7.43. The number of aliphatic hydroxyl groups excluding tert-OH is 1.